The van der Waals surface area contributed by atoms with E-state index < -0.39 is 0 Å². The van der Waals surface area contributed by atoms with Gasteiger partial charge in [0.25, 0.3) is 0 Å². The van der Waals surface area contributed by atoms with Gasteiger partial charge in [0.2, 0.25) is 0 Å². The van der Waals surface area contributed by atoms with Crippen LogP contribution in [0.5, 0.6) is 5.75 Å². The van der Waals surface area contributed by atoms with E-state index >= 15 is 0 Å². The lowest BCUT2D eigenvalue weighted by atomic mass is 10.1. The fraction of sp³-hybridized carbons (Fsp3) is 0.308. The highest BCUT2D eigenvalue weighted by molar-refractivity contribution is 6.31. The Hall–Kier alpha value is -2.49. The topological polar surface area (TPSA) is 22.4 Å². The second-order valence-electron chi connectivity index (χ2n) is 8.47. The molecule has 0 aliphatic carbocycles. The number of benzene rings is 3. The van der Waals surface area contributed by atoms with Crippen molar-refractivity contribution in [2.24, 2.45) is 0 Å². The van der Waals surface area contributed by atoms with Crippen molar-refractivity contribution in [1.29, 1.82) is 0 Å². The summed E-state index contributed by atoms with van der Waals surface area (Å²) in [7, 11) is 0. The lowest BCUT2D eigenvalue weighted by Crippen LogP contribution is -2.52. The average Bonchev–Trinajstić information content (AvgIpc) is 3.11. The fourth-order valence-electron chi connectivity index (χ4n) is 4.79. The molecule has 1 fully saturated rings. The largest absolute Gasteiger partial charge is 0.488 e. The van der Waals surface area contributed by atoms with Gasteiger partial charge in [0.15, 0.2) is 0 Å². The molecule has 1 saturated heterocycles. The van der Waals surface area contributed by atoms with Gasteiger partial charge in [0, 0.05) is 33.5 Å². The summed E-state index contributed by atoms with van der Waals surface area (Å²) in [6, 6.07) is 22.8. The van der Waals surface area contributed by atoms with E-state index in [1.54, 1.807) is 0 Å². The Labute approximate surface area is 182 Å². The van der Waals surface area contributed by atoms with E-state index in [9.17, 15) is 0 Å². The second kappa shape index (κ2) is 8.33. The summed E-state index contributed by atoms with van der Waals surface area (Å²) in [4.78, 5) is 0. The molecule has 0 radical (unpaired) electrons. The number of furan rings is 1. The van der Waals surface area contributed by atoms with Crippen LogP contribution in [0.4, 0.5) is 0 Å². The van der Waals surface area contributed by atoms with E-state index in [0.717, 1.165) is 45.3 Å². The summed E-state index contributed by atoms with van der Waals surface area (Å²) >= 11 is 6.10. The fourth-order valence-corrected chi connectivity index (χ4v) is 4.95. The van der Waals surface area contributed by atoms with E-state index in [0.29, 0.717) is 11.6 Å². The van der Waals surface area contributed by atoms with Crippen molar-refractivity contribution in [2.75, 3.05) is 26.2 Å². The predicted molar refractivity (Wildman–Crippen MR) is 123 cm³/mol. The molecule has 0 spiro atoms. The first-order valence-electron chi connectivity index (χ1n) is 10.8. The van der Waals surface area contributed by atoms with E-state index in [1.807, 2.05) is 30.3 Å². The third-order valence-corrected chi connectivity index (χ3v) is 6.60. The van der Waals surface area contributed by atoms with Gasteiger partial charge in [-0.15, -0.1) is 0 Å². The number of piperidine rings is 1. The SMILES string of the molecule is Clc1ccc2c(c1)oc1cc(OCC[N+]3(Cc4ccccc4)CCCCC3)ccc12. The molecule has 0 bridgehead atoms. The lowest BCUT2D eigenvalue weighted by molar-refractivity contribution is -0.945. The molecule has 0 atom stereocenters. The van der Waals surface area contributed by atoms with Crippen molar-refractivity contribution < 1.29 is 13.6 Å². The standard InChI is InChI=1S/C26H27ClNO2/c27-21-9-11-23-24-12-10-22(18-26(24)30-25(23)17-21)29-16-15-28(13-5-2-6-14-28)19-20-7-3-1-4-8-20/h1,3-4,7-12,17-18H,2,5-6,13-16,19H2/q+1. The van der Waals surface area contributed by atoms with E-state index in [-0.39, 0.29) is 0 Å². The summed E-state index contributed by atoms with van der Waals surface area (Å²) in [5.41, 5.74) is 3.08. The van der Waals surface area contributed by atoms with Crippen molar-refractivity contribution >= 4 is 33.5 Å². The molecule has 1 aliphatic heterocycles. The van der Waals surface area contributed by atoms with Crippen molar-refractivity contribution in [3.8, 4) is 5.75 Å². The van der Waals surface area contributed by atoms with Gasteiger partial charge in [0.05, 0.1) is 13.1 Å². The third kappa shape index (κ3) is 4.05. The Morgan fingerprint density at radius 1 is 0.833 bits per heavy atom. The van der Waals surface area contributed by atoms with Crippen molar-refractivity contribution in [2.45, 2.75) is 25.8 Å². The van der Waals surface area contributed by atoms with Crippen molar-refractivity contribution in [3.05, 3.63) is 77.3 Å². The number of quaternary nitrogens is 1. The summed E-state index contributed by atoms with van der Waals surface area (Å²) in [5.74, 6) is 0.863. The molecule has 4 heteroatoms. The highest BCUT2D eigenvalue weighted by Crippen LogP contribution is 2.33. The van der Waals surface area contributed by atoms with Crippen molar-refractivity contribution in [1.82, 2.24) is 0 Å². The molecule has 3 aromatic carbocycles. The molecule has 1 aliphatic rings. The third-order valence-electron chi connectivity index (χ3n) is 6.37. The Balaban J connectivity index is 1.30. The van der Waals surface area contributed by atoms with Crippen LogP contribution < -0.4 is 4.74 Å². The van der Waals surface area contributed by atoms with Gasteiger partial charge in [-0.3, -0.25) is 0 Å². The van der Waals surface area contributed by atoms with Crippen LogP contribution in [0.3, 0.4) is 0 Å². The minimum absolute atomic E-state index is 0.687. The maximum absolute atomic E-state index is 6.20. The molecule has 5 rings (SSSR count). The summed E-state index contributed by atoms with van der Waals surface area (Å²) in [5, 5.41) is 2.87. The van der Waals surface area contributed by atoms with Crippen LogP contribution in [-0.4, -0.2) is 30.7 Å². The molecule has 0 saturated carbocycles. The van der Waals surface area contributed by atoms with Gasteiger partial charge in [-0.2, -0.15) is 0 Å². The number of nitrogens with zero attached hydrogens (tertiary/aromatic N) is 1. The molecule has 0 unspecified atom stereocenters. The Bertz CT molecular complexity index is 1150. The van der Waals surface area contributed by atoms with Crippen LogP contribution >= 0.6 is 11.6 Å². The smallest absolute Gasteiger partial charge is 0.139 e. The monoisotopic (exact) mass is 420 g/mol. The predicted octanol–water partition coefficient (Wildman–Crippen LogP) is 6.82. The van der Waals surface area contributed by atoms with E-state index in [1.165, 1.54) is 37.9 Å². The first kappa shape index (κ1) is 19.5. The van der Waals surface area contributed by atoms with Crippen LogP contribution in [0.15, 0.2) is 71.1 Å². The second-order valence-corrected chi connectivity index (χ2v) is 8.90. The Morgan fingerprint density at radius 3 is 2.37 bits per heavy atom. The first-order chi connectivity index (χ1) is 14.7. The zero-order valence-corrected chi connectivity index (χ0v) is 17.9. The van der Waals surface area contributed by atoms with Crippen LogP contribution in [-0.2, 0) is 6.54 Å². The number of halogens is 1. The van der Waals surface area contributed by atoms with Crippen LogP contribution in [0.25, 0.3) is 21.9 Å². The summed E-state index contributed by atoms with van der Waals surface area (Å²) in [6.45, 7) is 5.31. The van der Waals surface area contributed by atoms with E-state index in [4.69, 9.17) is 20.8 Å². The van der Waals surface area contributed by atoms with Gasteiger partial charge in [-0.25, -0.2) is 0 Å². The number of hydrogen-bond donors (Lipinski definition) is 0. The zero-order valence-electron chi connectivity index (χ0n) is 17.1. The molecular weight excluding hydrogens is 394 g/mol. The van der Waals surface area contributed by atoms with Crippen LogP contribution in [0.1, 0.15) is 24.8 Å². The number of hydrogen-bond acceptors (Lipinski definition) is 2. The zero-order chi connectivity index (χ0) is 20.4. The number of rotatable bonds is 6. The molecule has 154 valence electrons. The molecule has 0 N–H and O–H groups in total. The van der Waals surface area contributed by atoms with Gasteiger partial charge in [-0.1, -0.05) is 41.9 Å². The number of ether oxygens (including phenoxy) is 1. The Morgan fingerprint density at radius 2 is 1.57 bits per heavy atom. The highest BCUT2D eigenvalue weighted by Gasteiger charge is 2.30. The molecular formula is C26H27ClNO2+. The maximum Gasteiger partial charge on any atom is 0.139 e. The normalized spacial score (nSPS) is 16.2. The van der Waals surface area contributed by atoms with Gasteiger partial charge >= 0.3 is 0 Å². The minimum atomic E-state index is 0.687. The summed E-state index contributed by atoms with van der Waals surface area (Å²) < 4.78 is 13.3. The maximum atomic E-state index is 6.20. The Kier molecular flexibility index (Phi) is 5.41. The van der Waals surface area contributed by atoms with Gasteiger partial charge in [-0.05, 0) is 43.5 Å². The average molecular weight is 421 g/mol. The molecule has 30 heavy (non-hydrogen) atoms. The van der Waals surface area contributed by atoms with Crippen LogP contribution in [0, 0.1) is 0 Å². The minimum Gasteiger partial charge on any atom is -0.488 e. The van der Waals surface area contributed by atoms with Crippen LogP contribution in [0.2, 0.25) is 5.02 Å². The number of likely N-dealkylation sites (tertiary alicyclic amines) is 1. The molecule has 1 aromatic heterocycles. The molecule has 3 nitrogen and oxygen atoms in total. The lowest BCUT2D eigenvalue weighted by Gasteiger charge is -2.41. The van der Waals surface area contributed by atoms with Gasteiger partial charge in [0.1, 0.15) is 36.6 Å². The quantitative estimate of drug-likeness (QED) is 0.319. The first-order valence-corrected chi connectivity index (χ1v) is 11.2. The van der Waals surface area contributed by atoms with Gasteiger partial charge < -0.3 is 13.6 Å². The highest BCUT2D eigenvalue weighted by atomic mass is 35.5. The molecule has 2 heterocycles. The molecule has 4 aromatic rings. The van der Waals surface area contributed by atoms with Crippen molar-refractivity contribution in [3.63, 3.8) is 0 Å². The summed E-state index contributed by atoms with van der Waals surface area (Å²) in [6.07, 6.45) is 3.96. The van der Waals surface area contributed by atoms with E-state index in [2.05, 4.69) is 36.4 Å². The molecule has 0 amide bonds. The number of fused-ring (bicyclic) bond motifs is 3.